The Morgan fingerprint density at radius 1 is 1.04 bits per heavy atom. The van der Waals surface area contributed by atoms with Crippen LogP contribution >= 0.6 is 23.2 Å². The van der Waals surface area contributed by atoms with E-state index in [9.17, 15) is 5.11 Å². The van der Waals surface area contributed by atoms with Gasteiger partial charge in [-0.25, -0.2) is 4.98 Å². The number of hydrogen-bond donors (Lipinski definition) is 1. The molecule has 3 nitrogen and oxygen atoms in total. The third-order valence-electron chi connectivity index (χ3n) is 4.09. The highest BCUT2D eigenvalue weighted by Gasteiger charge is 2.15. The summed E-state index contributed by atoms with van der Waals surface area (Å²) in [4.78, 5) is 4.29. The molecule has 1 heterocycles. The number of imidazole rings is 1. The van der Waals surface area contributed by atoms with E-state index >= 15 is 0 Å². The van der Waals surface area contributed by atoms with E-state index in [2.05, 4.69) is 21.7 Å². The standard InChI is InChI=1S/C19H18Cl2N2O/c20-17-7-6-15(10-18(17)21)16(8-9-24)12-23-13-22-11-19(23)14-4-2-1-3-5-14/h1-7,10-11,13,16,24H,8-9,12H2. The van der Waals surface area contributed by atoms with Gasteiger partial charge in [0.15, 0.2) is 0 Å². The van der Waals surface area contributed by atoms with Gasteiger partial charge in [0.2, 0.25) is 0 Å². The van der Waals surface area contributed by atoms with Crippen molar-refractivity contribution in [1.29, 1.82) is 0 Å². The minimum absolute atomic E-state index is 0.111. The predicted molar refractivity (Wildman–Crippen MR) is 98.6 cm³/mol. The number of aliphatic hydroxyl groups excluding tert-OH is 1. The average Bonchev–Trinajstić information content (AvgIpc) is 3.06. The van der Waals surface area contributed by atoms with Crippen molar-refractivity contribution >= 4 is 23.2 Å². The lowest BCUT2D eigenvalue weighted by atomic mass is 9.95. The van der Waals surface area contributed by atoms with Crippen LogP contribution in [0.15, 0.2) is 61.1 Å². The number of rotatable bonds is 6. The summed E-state index contributed by atoms with van der Waals surface area (Å²) in [6.45, 7) is 0.822. The van der Waals surface area contributed by atoms with Crippen LogP contribution in [0.3, 0.4) is 0 Å². The highest BCUT2D eigenvalue weighted by Crippen LogP contribution is 2.30. The first-order valence-electron chi connectivity index (χ1n) is 7.80. The third kappa shape index (κ3) is 3.81. The van der Waals surface area contributed by atoms with Crippen LogP contribution in [0.5, 0.6) is 0 Å². The first-order valence-corrected chi connectivity index (χ1v) is 8.56. The molecule has 0 saturated carbocycles. The molecular formula is C19H18Cl2N2O. The Morgan fingerprint density at radius 2 is 1.83 bits per heavy atom. The zero-order valence-corrected chi connectivity index (χ0v) is 14.6. The number of halogens is 2. The number of benzene rings is 2. The summed E-state index contributed by atoms with van der Waals surface area (Å²) in [7, 11) is 0. The largest absolute Gasteiger partial charge is 0.396 e. The summed E-state index contributed by atoms with van der Waals surface area (Å²) in [5.41, 5.74) is 3.23. The molecule has 0 spiro atoms. The van der Waals surface area contributed by atoms with Gasteiger partial charge in [-0.05, 0) is 29.7 Å². The maximum atomic E-state index is 9.45. The van der Waals surface area contributed by atoms with Crippen molar-refractivity contribution in [3.05, 3.63) is 76.7 Å². The molecule has 0 fully saturated rings. The Hall–Kier alpha value is -1.81. The Kier molecular flexibility index (Phi) is 5.56. The van der Waals surface area contributed by atoms with Gasteiger partial charge >= 0.3 is 0 Å². The van der Waals surface area contributed by atoms with E-state index in [0.29, 0.717) is 23.0 Å². The summed E-state index contributed by atoms with van der Waals surface area (Å²) in [5.74, 6) is 0.126. The molecule has 1 unspecified atom stereocenters. The summed E-state index contributed by atoms with van der Waals surface area (Å²) in [6, 6.07) is 15.8. The topological polar surface area (TPSA) is 38.0 Å². The second kappa shape index (κ2) is 7.84. The van der Waals surface area contributed by atoms with Gasteiger partial charge < -0.3 is 9.67 Å². The fraction of sp³-hybridized carbons (Fsp3) is 0.211. The number of nitrogens with zero attached hydrogens (tertiary/aromatic N) is 2. The van der Waals surface area contributed by atoms with E-state index in [1.165, 1.54) is 0 Å². The maximum absolute atomic E-state index is 9.45. The SMILES string of the molecule is OCCC(Cn1cncc1-c1ccccc1)c1ccc(Cl)c(Cl)c1. The van der Waals surface area contributed by atoms with Gasteiger partial charge in [0, 0.05) is 19.1 Å². The minimum atomic E-state index is 0.111. The van der Waals surface area contributed by atoms with Crippen LogP contribution in [-0.4, -0.2) is 21.3 Å². The molecule has 124 valence electrons. The van der Waals surface area contributed by atoms with Gasteiger partial charge in [0.25, 0.3) is 0 Å². The Morgan fingerprint density at radius 3 is 2.54 bits per heavy atom. The molecule has 0 amide bonds. The molecule has 0 aliphatic heterocycles. The molecule has 0 aliphatic rings. The van der Waals surface area contributed by atoms with Gasteiger partial charge in [-0.2, -0.15) is 0 Å². The molecule has 0 saturated heterocycles. The molecular weight excluding hydrogens is 343 g/mol. The predicted octanol–water partition coefficient (Wildman–Crippen LogP) is 5.02. The molecule has 1 N–H and O–H groups in total. The molecule has 0 aliphatic carbocycles. The van der Waals surface area contributed by atoms with Crippen molar-refractivity contribution in [2.75, 3.05) is 6.61 Å². The Bertz CT molecular complexity index is 802. The van der Waals surface area contributed by atoms with Gasteiger partial charge in [-0.15, -0.1) is 0 Å². The van der Waals surface area contributed by atoms with Crippen molar-refractivity contribution in [2.24, 2.45) is 0 Å². The Labute approximate surface area is 151 Å². The zero-order valence-electron chi connectivity index (χ0n) is 13.1. The molecule has 1 atom stereocenters. The molecule has 1 aromatic heterocycles. The molecule has 5 heteroatoms. The van der Waals surface area contributed by atoms with Gasteiger partial charge in [0.1, 0.15) is 0 Å². The quantitative estimate of drug-likeness (QED) is 0.669. The second-order valence-electron chi connectivity index (χ2n) is 5.68. The molecule has 2 aromatic carbocycles. The average molecular weight is 361 g/mol. The molecule has 24 heavy (non-hydrogen) atoms. The lowest BCUT2D eigenvalue weighted by Gasteiger charge is -2.19. The smallest absolute Gasteiger partial charge is 0.0951 e. The van der Waals surface area contributed by atoms with Crippen molar-refractivity contribution in [1.82, 2.24) is 9.55 Å². The second-order valence-corrected chi connectivity index (χ2v) is 6.49. The van der Waals surface area contributed by atoms with Crippen molar-refractivity contribution in [2.45, 2.75) is 18.9 Å². The molecule has 3 aromatic rings. The summed E-state index contributed by atoms with van der Waals surface area (Å²) in [5, 5.41) is 10.5. The van der Waals surface area contributed by atoms with Crippen LogP contribution in [0.4, 0.5) is 0 Å². The first-order chi connectivity index (χ1) is 11.7. The van der Waals surface area contributed by atoms with E-state index < -0.39 is 0 Å². The van der Waals surface area contributed by atoms with Crippen molar-refractivity contribution in [3.63, 3.8) is 0 Å². The van der Waals surface area contributed by atoms with Crippen LogP contribution in [0.1, 0.15) is 17.9 Å². The maximum Gasteiger partial charge on any atom is 0.0951 e. The lowest BCUT2D eigenvalue weighted by Crippen LogP contribution is -2.11. The zero-order chi connectivity index (χ0) is 16.9. The molecule has 3 rings (SSSR count). The van der Waals surface area contributed by atoms with E-state index in [1.54, 1.807) is 6.07 Å². The third-order valence-corrected chi connectivity index (χ3v) is 4.83. The minimum Gasteiger partial charge on any atom is -0.396 e. The molecule has 0 bridgehead atoms. The van der Waals surface area contributed by atoms with Gasteiger partial charge in [-0.1, -0.05) is 59.6 Å². The van der Waals surface area contributed by atoms with Crippen molar-refractivity contribution < 1.29 is 5.11 Å². The van der Waals surface area contributed by atoms with Crippen LogP contribution in [0.2, 0.25) is 10.0 Å². The van der Waals surface area contributed by atoms with Crippen LogP contribution < -0.4 is 0 Å². The lowest BCUT2D eigenvalue weighted by molar-refractivity contribution is 0.270. The van der Waals surface area contributed by atoms with E-state index in [-0.39, 0.29) is 12.5 Å². The number of aromatic nitrogens is 2. The van der Waals surface area contributed by atoms with E-state index in [4.69, 9.17) is 23.2 Å². The Balaban J connectivity index is 1.89. The first kappa shape index (κ1) is 17.0. The van der Waals surface area contributed by atoms with Crippen LogP contribution in [0, 0.1) is 0 Å². The summed E-state index contributed by atoms with van der Waals surface area (Å²) in [6.07, 6.45) is 4.33. The normalized spacial score (nSPS) is 12.3. The van der Waals surface area contributed by atoms with Crippen molar-refractivity contribution in [3.8, 4) is 11.3 Å². The summed E-state index contributed by atoms with van der Waals surface area (Å²) < 4.78 is 2.11. The highest BCUT2D eigenvalue weighted by atomic mass is 35.5. The van der Waals surface area contributed by atoms with Gasteiger partial charge in [0.05, 0.1) is 28.3 Å². The monoisotopic (exact) mass is 360 g/mol. The fourth-order valence-electron chi connectivity index (χ4n) is 2.84. The number of aliphatic hydroxyl groups is 1. The number of hydrogen-bond acceptors (Lipinski definition) is 2. The summed E-state index contributed by atoms with van der Waals surface area (Å²) >= 11 is 12.2. The van der Waals surface area contributed by atoms with Gasteiger partial charge in [-0.3, -0.25) is 0 Å². The van der Waals surface area contributed by atoms with E-state index in [0.717, 1.165) is 16.8 Å². The van der Waals surface area contributed by atoms with Crippen LogP contribution in [0.25, 0.3) is 11.3 Å². The van der Waals surface area contributed by atoms with E-state index in [1.807, 2.05) is 42.9 Å². The fourth-order valence-corrected chi connectivity index (χ4v) is 3.15. The molecule has 0 radical (unpaired) electrons. The van der Waals surface area contributed by atoms with Crippen LogP contribution in [-0.2, 0) is 6.54 Å². The highest BCUT2D eigenvalue weighted by molar-refractivity contribution is 6.42.